The summed E-state index contributed by atoms with van der Waals surface area (Å²) in [5, 5.41) is 5.17. The number of aromatic nitrogens is 1. The number of nitrogens with one attached hydrogen (secondary N) is 1. The molecule has 2 aromatic heterocycles. The first-order valence-electron chi connectivity index (χ1n) is 8.08. The zero-order chi connectivity index (χ0) is 17.9. The van der Waals surface area contributed by atoms with Gasteiger partial charge in [0.2, 0.25) is 5.91 Å². The zero-order valence-electron chi connectivity index (χ0n) is 14.0. The summed E-state index contributed by atoms with van der Waals surface area (Å²) >= 11 is 1.36. The first-order chi connectivity index (χ1) is 12.7. The van der Waals surface area contributed by atoms with Crippen LogP contribution in [0.15, 0.2) is 46.2 Å². The van der Waals surface area contributed by atoms with Crippen LogP contribution in [0.25, 0.3) is 17.3 Å². The summed E-state index contributed by atoms with van der Waals surface area (Å²) in [4.78, 5) is 16.5. The topological polar surface area (TPSA) is 73.6 Å². The number of rotatable bonds is 4. The van der Waals surface area contributed by atoms with Gasteiger partial charge in [-0.1, -0.05) is 0 Å². The van der Waals surface area contributed by atoms with E-state index in [0.717, 1.165) is 22.8 Å². The number of furan rings is 1. The van der Waals surface area contributed by atoms with Crippen molar-refractivity contribution < 1.29 is 18.7 Å². The summed E-state index contributed by atoms with van der Waals surface area (Å²) in [6.45, 7) is 2.95. The number of fused-ring (bicyclic) bond motifs is 1. The Morgan fingerprint density at radius 1 is 1.19 bits per heavy atom. The van der Waals surface area contributed by atoms with Crippen molar-refractivity contribution >= 4 is 28.5 Å². The van der Waals surface area contributed by atoms with Gasteiger partial charge in [-0.25, -0.2) is 4.98 Å². The van der Waals surface area contributed by atoms with Gasteiger partial charge in [0.1, 0.15) is 24.7 Å². The number of thiazole rings is 1. The van der Waals surface area contributed by atoms with E-state index in [2.05, 4.69) is 10.3 Å². The number of benzene rings is 1. The Morgan fingerprint density at radius 2 is 2.04 bits per heavy atom. The van der Waals surface area contributed by atoms with Crippen molar-refractivity contribution in [2.45, 2.75) is 6.92 Å². The molecule has 0 bridgehead atoms. The molecule has 1 aromatic carbocycles. The first kappa shape index (κ1) is 16.4. The molecule has 0 radical (unpaired) electrons. The highest BCUT2D eigenvalue weighted by atomic mass is 32.1. The van der Waals surface area contributed by atoms with E-state index >= 15 is 0 Å². The lowest BCUT2D eigenvalue weighted by molar-refractivity contribution is -0.111. The molecule has 1 aliphatic rings. The molecule has 1 aliphatic heterocycles. The number of aryl methyl sites for hydroxylation is 1. The van der Waals surface area contributed by atoms with E-state index in [9.17, 15) is 4.79 Å². The van der Waals surface area contributed by atoms with Crippen LogP contribution in [0, 0.1) is 6.92 Å². The molecular formula is C19H16N2O4S. The molecule has 0 aliphatic carbocycles. The lowest BCUT2D eigenvalue weighted by Crippen LogP contribution is -2.15. The molecule has 6 nitrogen and oxygen atoms in total. The fraction of sp³-hybridized carbons (Fsp3) is 0.158. The third-order valence-corrected chi connectivity index (χ3v) is 4.49. The summed E-state index contributed by atoms with van der Waals surface area (Å²) < 4.78 is 16.5. The van der Waals surface area contributed by atoms with Gasteiger partial charge in [0.25, 0.3) is 0 Å². The molecule has 0 spiro atoms. The number of hydrogen-bond donors (Lipinski definition) is 1. The third kappa shape index (κ3) is 3.62. The molecule has 4 rings (SSSR count). The molecule has 26 heavy (non-hydrogen) atoms. The van der Waals surface area contributed by atoms with Gasteiger partial charge in [0.05, 0.1) is 5.69 Å². The molecule has 0 unspecified atom stereocenters. The van der Waals surface area contributed by atoms with E-state index in [1.165, 1.54) is 17.4 Å². The Hall–Kier alpha value is -3.06. The number of carbonyl (C=O) groups excluding carboxylic acids is 1. The van der Waals surface area contributed by atoms with Crippen LogP contribution in [-0.2, 0) is 4.79 Å². The lowest BCUT2D eigenvalue weighted by atomic mass is 10.1. The molecule has 0 saturated carbocycles. The van der Waals surface area contributed by atoms with Crippen molar-refractivity contribution in [3.8, 4) is 22.8 Å². The Morgan fingerprint density at radius 3 is 2.85 bits per heavy atom. The standard InChI is InChI=1S/C19H16N2O4S/c1-12-2-4-14(25-12)5-7-18(22)21-19-20-15(11-26-19)13-3-6-16-17(10-13)24-9-8-23-16/h2-7,10-11H,8-9H2,1H3,(H,20,21,22)/b7-5+. The fourth-order valence-corrected chi connectivity index (χ4v) is 3.24. The molecule has 0 atom stereocenters. The highest BCUT2D eigenvalue weighted by Gasteiger charge is 2.14. The Kier molecular flexibility index (Phi) is 4.45. The van der Waals surface area contributed by atoms with Gasteiger partial charge in [0.15, 0.2) is 16.6 Å². The predicted octanol–water partition coefficient (Wildman–Crippen LogP) is 4.13. The maximum atomic E-state index is 12.0. The number of anilines is 1. The van der Waals surface area contributed by atoms with E-state index in [1.54, 1.807) is 6.08 Å². The number of amides is 1. The van der Waals surface area contributed by atoms with Crippen molar-refractivity contribution in [2.24, 2.45) is 0 Å². The van der Waals surface area contributed by atoms with Crippen molar-refractivity contribution in [2.75, 3.05) is 18.5 Å². The molecule has 1 amide bonds. The lowest BCUT2D eigenvalue weighted by Gasteiger charge is -2.18. The summed E-state index contributed by atoms with van der Waals surface area (Å²) in [7, 11) is 0. The van der Waals surface area contributed by atoms with Gasteiger partial charge in [-0.2, -0.15) is 0 Å². The van der Waals surface area contributed by atoms with Gasteiger partial charge in [-0.05, 0) is 43.3 Å². The molecule has 0 saturated heterocycles. The minimum atomic E-state index is -0.262. The molecule has 3 heterocycles. The van der Waals surface area contributed by atoms with Gasteiger partial charge in [-0.3, -0.25) is 10.1 Å². The first-order valence-corrected chi connectivity index (χ1v) is 8.96. The van der Waals surface area contributed by atoms with Crippen LogP contribution < -0.4 is 14.8 Å². The molecular weight excluding hydrogens is 352 g/mol. The van der Waals surface area contributed by atoms with Crippen LogP contribution >= 0.6 is 11.3 Å². The summed E-state index contributed by atoms with van der Waals surface area (Å²) in [6.07, 6.45) is 3.04. The van der Waals surface area contributed by atoms with Crippen LogP contribution in [-0.4, -0.2) is 24.1 Å². The molecule has 3 aromatic rings. The maximum Gasteiger partial charge on any atom is 0.250 e. The second kappa shape index (κ2) is 7.05. The molecule has 1 N–H and O–H groups in total. The normalized spacial score (nSPS) is 13.1. The predicted molar refractivity (Wildman–Crippen MR) is 99.6 cm³/mol. The highest BCUT2D eigenvalue weighted by molar-refractivity contribution is 7.14. The second-order valence-corrected chi connectivity index (χ2v) is 6.53. The third-order valence-electron chi connectivity index (χ3n) is 3.73. The number of hydrogen-bond acceptors (Lipinski definition) is 6. The zero-order valence-corrected chi connectivity index (χ0v) is 14.8. The van der Waals surface area contributed by atoms with Gasteiger partial charge < -0.3 is 13.9 Å². The molecule has 0 fully saturated rings. The largest absolute Gasteiger partial charge is 0.486 e. The smallest absolute Gasteiger partial charge is 0.250 e. The number of carbonyl (C=O) groups is 1. The average Bonchev–Trinajstić information content (AvgIpc) is 3.28. The maximum absolute atomic E-state index is 12.0. The average molecular weight is 368 g/mol. The van der Waals surface area contributed by atoms with E-state index in [1.807, 2.05) is 42.6 Å². The van der Waals surface area contributed by atoms with E-state index in [4.69, 9.17) is 13.9 Å². The number of ether oxygens (including phenoxy) is 2. The van der Waals surface area contributed by atoms with Crippen molar-refractivity contribution in [1.82, 2.24) is 4.98 Å². The summed E-state index contributed by atoms with van der Waals surface area (Å²) in [5.74, 6) is 2.62. The van der Waals surface area contributed by atoms with Crippen LogP contribution in [0.2, 0.25) is 0 Å². The minimum absolute atomic E-state index is 0.262. The second-order valence-electron chi connectivity index (χ2n) is 5.67. The quantitative estimate of drug-likeness (QED) is 0.701. The van der Waals surface area contributed by atoms with E-state index < -0.39 is 0 Å². The van der Waals surface area contributed by atoms with Crippen LogP contribution in [0.3, 0.4) is 0 Å². The van der Waals surface area contributed by atoms with Crippen LogP contribution in [0.4, 0.5) is 5.13 Å². The van der Waals surface area contributed by atoms with Crippen molar-refractivity contribution in [1.29, 1.82) is 0 Å². The van der Waals surface area contributed by atoms with Crippen LogP contribution in [0.5, 0.6) is 11.5 Å². The minimum Gasteiger partial charge on any atom is -0.486 e. The SMILES string of the molecule is Cc1ccc(/C=C/C(=O)Nc2nc(-c3ccc4c(c3)OCCO4)cs2)o1. The Labute approximate surface area is 154 Å². The highest BCUT2D eigenvalue weighted by Crippen LogP contribution is 2.35. The Balaban J connectivity index is 1.44. The number of nitrogens with zero attached hydrogens (tertiary/aromatic N) is 1. The van der Waals surface area contributed by atoms with Crippen LogP contribution in [0.1, 0.15) is 11.5 Å². The summed E-state index contributed by atoms with van der Waals surface area (Å²) in [6, 6.07) is 9.34. The summed E-state index contributed by atoms with van der Waals surface area (Å²) in [5.41, 5.74) is 1.68. The molecule has 7 heteroatoms. The van der Waals surface area contributed by atoms with Gasteiger partial charge in [-0.15, -0.1) is 11.3 Å². The van der Waals surface area contributed by atoms with E-state index in [-0.39, 0.29) is 5.91 Å². The fourth-order valence-electron chi connectivity index (χ4n) is 2.51. The van der Waals surface area contributed by atoms with E-state index in [0.29, 0.717) is 29.9 Å². The monoisotopic (exact) mass is 368 g/mol. The van der Waals surface area contributed by atoms with Gasteiger partial charge in [0, 0.05) is 17.0 Å². The molecule has 132 valence electrons. The van der Waals surface area contributed by atoms with Gasteiger partial charge >= 0.3 is 0 Å². The van der Waals surface area contributed by atoms with Crippen molar-refractivity contribution in [3.63, 3.8) is 0 Å². The Bertz CT molecular complexity index is 974. The van der Waals surface area contributed by atoms with Crippen molar-refractivity contribution in [3.05, 3.63) is 53.3 Å².